The van der Waals surface area contributed by atoms with E-state index in [1.165, 1.54) is 24.4 Å². The molecule has 19 heavy (non-hydrogen) atoms. The largest absolute Gasteiger partial charge is 0.477 e. The number of nitriles is 1. The molecule has 1 N–H and O–H groups in total. The van der Waals surface area contributed by atoms with Gasteiger partial charge in [0, 0.05) is 18.5 Å². The molecule has 2 aromatic rings. The van der Waals surface area contributed by atoms with Gasteiger partial charge in [-0.3, -0.25) is 4.98 Å². The number of hydrogen-bond acceptors (Lipinski definition) is 4. The highest BCUT2D eigenvalue weighted by Gasteiger charge is 2.15. The molecular formula is C13H7FN2O3. The SMILES string of the molecule is N#Cc1c(F)cccc1Oc1ccncc1C(=O)O. The van der Waals surface area contributed by atoms with Crippen LogP contribution in [-0.2, 0) is 0 Å². The topological polar surface area (TPSA) is 83.2 Å². The minimum absolute atomic E-state index is 0.00963. The average Bonchev–Trinajstić information content (AvgIpc) is 2.39. The van der Waals surface area contributed by atoms with Crippen LogP contribution in [0.3, 0.4) is 0 Å². The van der Waals surface area contributed by atoms with Gasteiger partial charge in [0.25, 0.3) is 0 Å². The Morgan fingerprint density at radius 3 is 2.84 bits per heavy atom. The second-order valence-corrected chi connectivity index (χ2v) is 3.50. The van der Waals surface area contributed by atoms with Crippen molar-refractivity contribution in [2.75, 3.05) is 0 Å². The number of nitrogens with zero attached hydrogens (tertiary/aromatic N) is 2. The molecule has 0 amide bonds. The molecule has 0 unspecified atom stereocenters. The minimum atomic E-state index is -1.22. The summed E-state index contributed by atoms with van der Waals surface area (Å²) in [6.45, 7) is 0. The van der Waals surface area contributed by atoms with Crippen molar-refractivity contribution < 1.29 is 19.0 Å². The van der Waals surface area contributed by atoms with Gasteiger partial charge in [0.05, 0.1) is 0 Å². The lowest BCUT2D eigenvalue weighted by Crippen LogP contribution is -2.01. The van der Waals surface area contributed by atoms with Crippen LogP contribution in [-0.4, -0.2) is 16.1 Å². The van der Waals surface area contributed by atoms with Crippen molar-refractivity contribution >= 4 is 5.97 Å². The molecule has 0 saturated carbocycles. The van der Waals surface area contributed by atoms with Crippen molar-refractivity contribution in [3.63, 3.8) is 0 Å². The lowest BCUT2D eigenvalue weighted by atomic mass is 10.2. The maximum Gasteiger partial charge on any atom is 0.341 e. The van der Waals surface area contributed by atoms with Crippen LogP contribution in [0.2, 0.25) is 0 Å². The van der Waals surface area contributed by atoms with Gasteiger partial charge in [-0.25, -0.2) is 9.18 Å². The van der Waals surface area contributed by atoms with Crippen LogP contribution in [0.1, 0.15) is 15.9 Å². The van der Waals surface area contributed by atoms with E-state index in [9.17, 15) is 9.18 Å². The number of hydrogen-bond donors (Lipinski definition) is 1. The van der Waals surface area contributed by atoms with Crippen molar-refractivity contribution in [2.24, 2.45) is 0 Å². The first kappa shape index (κ1) is 12.5. The zero-order valence-corrected chi connectivity index (χ0v) is 9.50. The third kappa shape index (κ3) is 2.50. The molecule has 0 atom stereocenters. The summed E-state index contributed by atoms with van der Waals surface area (Å²) < 4.78 is 18.7. The summed E-state index contributed by atoms with van der Waals surface area (Å²) in [5, 5.41) is 17.8. The second-order valence-electron chi connectivity index (χ2n) is 3.50. The number of carboxylic acids is 1. The van der Waals surface area contributed by atoms with Crippen LogP contribution in [0.5, 0.6) is 11.5 Å². The average molecular weight is 258 g/mol. The summed E-state index contributed by atoms with van der Waals surface area (Å²) in [6.07, 6.45) is 2.45. The molecule has 0 aliphatic carbocycles. The molecule has 5 nitrogen and oxygen atoms in total. The third-order valence-corrected chi connectivity index (χ3v) is 2.32. The normalized spacial score (nSPS) is 9.68. The van der Waals surface area contributed by atoms with E-state index < -0.39 is 11.8 Å². The summed E-state index contributed by atoms with van der Waals surface area (Å²) in [6, 6.07) is 6.87. The molecule has 0 aliphatic rings. The number of aromatic nitrogens is 1. The fraction of sp³-hybridized carbons (Fsp3) is 0. The minimum Gasteiger partial charge on any atom is -0.477 e. The van der Waals surface area contributed by atoms with Gasteiger partial charge in [0.15, 0.2) is 0 Å². The lowest BCUT2D eigenvalue weighted by Gasteiger charge is -2.09. The van der Waals surface area contributed by atoms with Crippen LogP contribution < -0.4 is 4.74 Å². The van der Waals surface area contributed by atoms with Crippen molar-refractivity contribution in [1.29, 1.82) is 5.26 Å². The fourth-order valence-corrected chi connectivity index (χ4v) is 1.45. The van der Waals surface area contributed by atoms with E-state index in [2.05, 4.69) is 4.98 Å². The predicted octanol–water partition coefficient (Wildman–Crippen LogP) is 2.58. The van der Waals surface area contributed by atoms with Gasteiger partial charge in [-0.2, -0.15) is 5.26 Å². The van der Waals surface area contributed by atoms with Crippen LogP contribution >= 0.6 is 0 Å². The summed E-state index contributed by atoms with van der Waals surface area (Å²) in [5.74, 6) is -2.01. The molecule has 0 aliphatic heterocycles. The molecule has 6 heteroatoms. The molecule has 2 rings (SSSR count). The van der Waals surface area contributed by atoms with Crippen LogP contribution in [0.4, 0.5) is 4.39 Å². The van der Waals surface area contributed by atoms with E-state index in [0.29, 0.717) is 0 Å². The molecule has 0 saturated heterocycles. The second kappa shape index (κ2) is 5.14. The molecule has 1 heterocycles. The quantitative estimate of drug-likeness (QED) is 0.914. The maximum atomic E-state index is 13.4. The van der Waals surface area contributed by atoms with Gasteiger partial charge < -0.3 is 9.84 Å². The monoisotopic (exact) mass is 258 g/mol. The third-order valence-electron chi connectivity index (χ3n) is 2.32. The molecule has 0 spiro atoms. The molecule has 1 aromatic heterocycles. The smallest absolute Gasteiger partial charge is 0.341 e. The number of aromatic carboxylic acids is 1. The molecular weight excluding hydrogens is 251 g/mol. The Bertz CT molecular complexity index is 680. The van der Waals surface area contributed by atoms with Gasteiger partial charge in [-0.05, 0) is 12.1 Å². The first-order valence-electron chi connectivity index (χ1n) is 5.17. The van der Waals surface area contributed by atoms with Gasteiger partial charge in [0.2, 0.25) is 0 Å². The van der Waals surface area contributed by atoms with Crippen molar-refractivity contribution in [1.82, 2.24) is 4.98 Å². The molecule has 94 valence electrons. The lowest BCUT2D eigenvalue weighted by molar-refractivity contribution is 0.0693. The van der Waals surface area contributed by atoms with Crippen molar-refractivity contribution in [3.05, 3.63) is 53.6 Å². The summed E-state index contributed by atoms with van der Waals surface area (Å²) >= 11 is 0. The summed E-state index contributed by atoms with van der Waals surface area (Å²) in [4.78, 5) is 14.6. The molecule has 0 bridgehead atoms. The molecule has 1 aromatic carbocycles. The molecule has 0 radical (unpaired) electrons. The maximum absolute atomic E-state index is 13.4. The van der Waals surface area contributed by atoms with E-state index in [4.69, 9.17) is 15.1 Å². The van der Waals surface area contributed by atoms with Gasteiger partial charge in [-0.1, -0.05) is 6.07 Å². The van der Waals surface area contributed by atoms with Gasteiger partial charge >= 0.3 is 5.97 Å². The van der Waals surface area contributed by atoms with E-state index in [1.807, 2.05) is 0 Å². The molecule has 0 fully saturated rings. The number of ether oxygens (including phenoxy) is 1. The van der Waals surface area contributed by atoms with Crippen LogP contribution in [0.15, 0.2) is 36.7 Å². The van der Waals surface area contributed by atoms with E-state index >= 15 is 0 Å². The Morgan fingerprint density at radius 1 is 1.37 bits per heavy atom. The Balaban J connectivity index is 2.46. The van der Waals surface area contributed by atoms with Crippen molar-refractivity contribution in [3.8, 4) is 17.6 Å². The highest BCUT2D eigenvalue weighted by molar-refractivity contribution is 5.90. The Morgan fingerprint density at radius 2 is 2.16 bits per heavy atom. The number of carbonyl (C=O) groups is 1. The Hall–Kier alpha value is -2.94. The van der Waals surface area contributed by atoms with E-state index in [-0.39, 0.29) is 22.6 Å². The predicted molar refractivity (Wildman–Crippen MR) is 62.4 cm³/mol. The highest BCUT2D eigenvalue weighted by atomic mass is 19.1. The van der Waals surface area contributed by atoms with Crippen molar-refractivity contribution in [2.45, 2.75) is 0 Å². The Kier molecular flexibility index (Phi) is 3.39. The first-order valence-corrected chi connectivity index (χ1v) is 5.17. The standard InChI is InChI=1S/C13H7FN2O3/c14-10-2-1-3-11(8(10)6-15)19-12-4-5-16-7-9(12)13(17)18/h1-5,7H,(H,17,18). The highest BCUT2D eigenvalue weighted by Crippen LogP contribution is 2.28. The fourth-order valence-electron chi connectivity index (χ4n) is 1.45. The van der Waals surface area contributed by atoms with Gasteiger partial charge in [0.1, 0.15) is 34.5 Å². The number of pyridine rings is 1. The van der Waals surface area contributed by atoms with E-state index in [1.54, 1.807) is 6.07 Å². The van der Waals surface area contributed by atoms with Crippen LogP contribution in [0.25, 0.3) is 0 Å². The first-order chi connectivity index (χ1) is 9.13. The number of benzene rings is 1. The zero-order chi connectivity index (χ0) is 13.8. The number of halogens is 1. The number of rotatable bonds is 3. The number of carboxylic acid groups (broad SMARTS) is 1. The summed E-state index contributed by atoms with van der Waals surface area (Å²) in [5.41, 5.74) is -0.452. The zero-order valence-electron chi connectivity index (χ0n) is 9.50. The van der Waals surface area contributed by atoms with Crippen LogP contribution in [0, 0.1) is 17.1 Å². The van der Waals surface area contributed by atoms with E-state index in [0.717, 1.165) is 12.3 Å². The Labute approximate surface area is 107 Å². The van der Waals surface area contributed by atoms with Gasteiger partial charge in [-0.15, -0.1) is 0 Å². The summed E-state index contributed by atoms with van der Waals surface area (Å²) in [7, 11) is 0.